The lowest BCUT2D eigenvalue weighted by Gasteiger charge is -2.22. The number of nitrogens with zero attached hydrogens (tertiary/aromatic N) is 1. The van der Waals surface area contributed by atoms with Gasteiger partial charge in [-0.15, -0.1) is 0 Å². The summed E-state index contributed by atoms with van der Waals surface area (Å²) in [7, 11) is 0. The summed E-state index contributed by atoms with van der Waals surface area (Å²) in [6.45, 7) is 2.45. The summed E-state index contributed by atoms with van der Waals surface area (Å²) in [5.74, 6) is 0.196. The molecule has 5 nitrogen and oxygen atoms in total. The normalized spacial score (nSPS) is 19.3. The number of hydrogen-bond acceptors (Lipinski definition) is 3. The van der Waals surface area contributed by atoms with E-state index in [0.29, 0.717) is 0 Å². The van der Waals surface area contributed by atoms with Crippen molar-refractivity contribution in [1.29, 1.82) is 0 Å². The quantitative estimate of drug-likeness (QED) is 0.362. The predicted octanol–water partition coefficient (Wildman–Crippen LogP) is 2.14. The molecular weight excluding hydrogens is 242 g/mol. The molecule has 1 aliphatic heterocycles. The molecule has 19 heavy (non-hydrogen) atoms. The third kappa shape index (κ3) is 9.73. The van der Waals surface area contributed by atoms with E-state index in [1.54, 1.807) is 0 Å². The Morgan fingerprint density at radius 2 is 1.79 bits per heavy atom. The number of unbranched alkanes of at least 4 members (excludes halogenated alkanes) is 5. The average Bonchev–Trinajstić information content (AvgIpc) is 2.42. The molecular formula is C14H29N3O2. The highest BCUT2D eigenvalue weighted by atomic mass is 16.7. The second-order valence-electron chi connectivity index (χ2n) is 5.09. The van der Waals surface area contributed by atoms with E-state index in [1.807, 2.05) is 0 Å². The molecule has 1 fully saturated rings. The maximum Gasteiger partial charge on any atom is 0.185 e. The van der Waals surface area contributed by atoms with Gasteiger partial charge in [-0.3, -0.25) is 4.99 Å². The molecule has 1 heterocycles. The monoisotopic (exact) mass is 271 g/mol. The van der Waals surface area contributed by atoms with Gasteiger partial charge in [-0.1, -0.05) is 25.7 Å². The van der Waals surface area contributed by atoms with Gasteiger partial charge in [0.25, 0.3) is 0 Å². The van der Waals surface area contributed by atoms with Crippen LogP contribution in [0.25, 0.3) is 0 Å². The van der Waals surface area contributed by atoms with Crippen molar-refractivity contribution in [2.45, 2.75) is 64.1 Å². The minimum absolute atomic E-state index is 0.0633. The van der Waals surface area contributed by atoms with Crippen LogP contribution in [0.5, 0.6) is 0 Å². The van der Waals surface area contributed by atoms with Crippen molar-refractivity contribution >= 4 is 5.96 Å². The summed E-state index contributed by atoms with van der Waals surface area (Å²) >= 11 is 0. The van der Waals surface area contributed by atoms with Crippen molar-refractivity contribution in [2.24, 2.45) is 16.5 Å². The molecule has 0 aliphatic carbocycles. The summed E-state index contributed by atoms with van der Waals surface area (Å²) < 4.78 is 11.2. The molecule has 1 rings (SSSR count). The molecule has 1 unspecified atom stereocenters. The first kappa shape index (κ1) is 16.2. The Morgan fingerprint density at radius 1 is 1.05 bits per heavy atom. The summed E-state index contributed by atoms with van der Waals surface area (Å²) in [6, 6.07) is 0. The first-order valence-electron chi connectivity index (χ1n) is 7.57. The van der Waals surface area contributed by atoms with Crippen LogP contribution in [0.2, 0.25) is 0 Å². The molecule has 1 aliphatic rings. The fourth-order valence-corrected chi connectivity index (χ4v) is 2.19. The van der Waals surface area contributed by atoms with Crippen LogP contribution in [-0.2, 0) is 9.47 Å². The predicted molar refractivity (Wildman–Crippen MR) is 77.9 cm³/mol. The van der Waals surface area contributed by atoms with Crippen molar-refractivity contribution in [3.63, 3.8) is 0 Å². The molecule has 112 valence electrons. The highest BCUT2D eigenvalue weighted by molar-refractivity contribution is 5.75. The molecule has 0 aromatic rings. The van der Waals surface area contributed by atoms with Gasteiger partial charge in [0, 0.05) is 19.8 Å². The second-order valence-corrected chi connectivity index (χ2v) is 5.09. The van der Waals surface area contributed by atoms with E-state index < -0.39 is 0 Å². The number of ether oxygens (including phenoxy) is 2. The average molecular weight is 271 g/mol. The largest absolute Gasteiger partial charge is 0.370 e. The Labute approximate surface area is 116 Å². The molecule has 5 heteroatoms. The molecule has 0 radical (unpaired) electrons. The number of aliphatic imine (C=N–C) groups is 1. The zero-order chi connectivity index (χ0) is 13.8. The summed E-state index contributed by atoms with van der Waals surface area (Å²) in [5, 5.41) is 0. The summed E-state index contributed by atoms with van der Waals surface area (Å²) in [4.78, 5) is 3.96. The van der Waals surface area contributed by atoms with E-state index in [9.17, 15) is 0 Å². The van der Waals surface area contributed by atoms with Crippen LogP contribution in [0.3, 0.4) is 0 Å². The van der Waals surface area contributed by atoms with Crippen molar-refractivity contribution in [3.8, 4) is 0 Å². The van der Waals surface area contributed by atoms with Crippen LogP contribution < -0.4 is 11.5 Å². The molecule has 0 aromatic heterocycles. The van der Waals surface area contributed by atoms with E-state index in [4.69, 9.17) is 20.9 Å². The first-order chi connectivity index (χ1) is 9.29. The fraction of sp³-hybridized carbons (Fsp3) is 0.929. The van der Waals surface area contributed by atoms with E-state index in [-0.39, 0.29) is 12.2 Å². The van der Waals surface area contributed by atoms with Gasteiger partial charge in [0.1, 0.15) is 0 Å². The van der Waals surface area contributed by atoms with Gasteiger partial charge in [-0.05, 0) is 32.1 Å². The van der Waals surface area contributed by atoms with Crippen molar-refractivity contribution in [2.75, 3.05) is 19.8 Å². The maximum atomic E-state index is 5.69. The number of rotatable bonds is 10. The van der Waals surface area contributed by atoms with E-state index in [1.165, 1.54) is 38.5 Å². The van der Waals surface area contributed by atoms with Gasteiger partial charge in [0.2, 0.25) is 0 Å². The Bertz CT molecular complexity index is 237. The zero-order valence-electron chi connectivity index (χ0n) is 12.0. The Hall–Kier alpha value is -0.810. The van der Waals surface area contributed by atoms with Crippen molar-refractivity contribution in [3.05, 3.63) is 0 Å². The molecule has 1 atom stereocenters. The molecule has 0 bridgehead atoms. The van der Waals surface area contributed by atoms with Gasteiger partial charge in [0.15, 0.2) is 12.2 Å². The summed E-state index contributed by atoms with van der Waals surface area (Å²) in [6.07, 6.45) is 10.7. The first-order valence-corrected chi connectivity index (χ1v) is 7.57. The maximum absolute atomic E-state index is 5.69. The lowest BCUT2D eigenvalue weighted by Crippen LogP contribution is -2.22. The lowest BCUT2D eigenvalue weighted by molar-refractivity contribution is -0.162. The number of guanidine groups is 1. The lowest BCUT2D eigenvalue weighted by atomic mass is 10.1. The molecule has 0 amide bonds. The molecule has 1 saturated heterocycles. The van der Waals surface area contributed by atoms with Crippen LogP contribution in [0.1, 0.15) is 57.8 Å². The van der Waals surface area contributed by atoms with Crippen molar-refractivity contribution in [1.82, 2.24) is 0 Å². The SMILES string of the molecule is NC(N)=NCCCCCCCCOC1CCCCO1. The van der Waals surface area contributed by atoms with Gasteiger partial charge in [-0.2, -0.15) is 0 Å². The fourth-order valence-electron chi connectivity index (χ4n) is 2.19. The number of hydrogen-bond donors (Lipinski definition) is 2. The van der Waals surface area contributed by atoms with Crippen LogP contribution in [-0.4, -0.2) is 32.0 Å². The summed E-state index contributed by atoms with van der Waals surface area (Å²) in [5.41, 5.74) is 10.5. The molecule has 0 saturated carbocycles. The van der Waals surface area contributed by atoms with Crippen LogP contribution >= 0.6 is 0 Å². The minimum Gasteiger partial charge on any atom is -0.370 e. The van der Waals surface area contributed by atoms with Gasteiger partial charge in [-0.25, -0.2) is 0 Å². The van der Waals surface area contributed by atoms with Crippen LogP contribution in [0, 0.1) is 0 Å². The third-order valence-corrected chi connectivity index (χ3v) is 3.29. The van der Waals surface area contributed by atoms with E-state index in [0.717, 1.165) is 39.0 Å². The minimum atomic E-state index is 0.0633. The molecule has 4 N–H and O–H groups in total. The molecule has 0 aromatic carbocycles. The van der Waals surface area contributed by atoms with Gasteiger partial charge >= 0.3 is 0 Å². The third-order valence-electron chi connectivity index (χ3n) is 3.29. The standard InChI is InChI=1S/C14H29N3O2/c15-14(16)17-10-6-3-1-2-4-7-11-18-13-9-5-8-12-19-13/h13H,1-12H2,(H4,15,16,17). The van der Waals surface area contributed by atoms with Gasteiger partial charge < -0.3 is 20.9 Å². The van der Waals surface area contributed by atoms with Crippen LogP contribution in [0.4, 0.5) is 0 Å². The second kappa shape index (κ2) is 11.1. The highest BCUT2D eigenvalue weighted by Gasteiger charge is 2.13. The molecule has 0 spiro atoms. The topological polar surface area (TPSA) is 82.9 Å². The number of nitrogens with two attached hydrogens (primary N) is 2. The zero-order valence-corrected chi connectivity index (χ0v) is 12.0. The smallest absolute Gasteiger partial charge is 0.185 e. The van der Waals surface area contributed by atoms with Crippen LogP contribution in [0.15, 0.2) is 4.99 Å². The van der Waals surface area contributed by atoms with E-state index >= 15 is 0 Å². The van der Waals surface area contributed by atoms with Crippen molar-refractivity contribution < 1.29 is 9.47 Å². The Kier molecular flexibility index (Phi) is 9.45. The Morgan fingerprint density at radius 3 is 2.47 bits per heavy atom. The highest BCUT2D eigenvalue weighted by Crippen LogP contribution is 2.14. The van der Waals surface area contributed by atoms with Gasteiger partial charge in [0.05, 0.1) is 0 Å². The Balaban J connectivity index is 1.77. The van der Waals surface area contributed by atoms with E-state index in [2.05, 4.69) is 4.99 Å².